The molecule has 2 atom stereocenters. The molecule has 19 heavy (non-hydrogen) atoms. The predicted molar refractivity (Wildman–Crippen MR) is 73.2 cm³/mol. The Bertz CT molecular complexity index is 528. The van der Waals surface area contributed by atoms with E-state index in [0.717, 1.165) is 11.1 Å². The van der Waals surface area contributed by atoms with Crippen LogP contribution in [0.3, 0.4) is 0 Å². The number of amides is 1. The second kappa shape index (κ2) is 6.02. The van der Waals surface area contributed by atoms with Crippen LogP contribution in [0.5, 0.6) is 0 Å². The normalized spacial score (nSPS) is 13.5. The molecule has 0 bridgehead atoms. The van der Waals surface area contributed by atoms with Crippen molar-refractivity contribution in [3.63, 3.8) is 0 Å². The molecule has 4 nitrogen and oxygen atoms in total. The van der Waals surface area contributed by atoms with E-state index in [1.807, 2.05) is 60.7 Å². The molecule has 1 amide bonds. The first kappa shape index (κ1) is 13.1. The van der Waals surface area contributed by atoms with Crippen molar-refractivity contribution in [2.24, 2.45) is 11.5 Å². The van der Waals surface area contributed by atoms with Crippen molar-refractivity contribution in [2.75, 3.05) is 0 Å². The topological polar surface area (TPSA) is 78.3 Å². The maximum absolute atomic E-state index is 11.1. The third-order valence-corrected chi connectivity index (χ3v) is 2.88. The number of carbonyl (C=O) groups excluding carboxylic acids is 1. The van der Waals surface area contributed by atoms with Crippen molar-refractivity contribution in [2.45, 2.75) is 12.1 Å². The summed E-state index contributed by atoms with van der Waals surface area (Å²) in [5.74, 6) is 0. The summed E-state index contributed by atoms with van der Waals surface area (Å²) < 4.78 is 5.17. The number of nitrogens with two attached hydrogens (primary N) is 2. The molecule has 0 aromatic heterocycles. The minimum Gasteiger partial charge on any atom is -0.439 e. The summed E-state index contributed by atoms with van der Waals surface area (Å²) in [5, 5.41) is 0. The second-order valence-electron chi connectivity index (χ2n) is 4.20. The second-order valence-corrected chi connectivity index (χ2v) is 4.20. The highest BCUT2D eigenvalue weighted by atomic mass is 16.6. The van der Waals surface area contributed by atoms with Crippen LogP contribution in [0.2, 0.25) is 0 Å². The van der Waals surface area contributed by atoms with Gasteiger partial charge < -0.3 is 16.2 Å². The zero-order chi connectivity index (χ0) is 13.7. The van der Waals surface area contributed by atoms with E-state index < -0.39 is 18.2 Å². The zero-order valence-electron chi connectivity index (χ0n) is 10.4. The first-order chi connectivity index (χ1) is 9.18. The van der Waals surface area contributed by atoms with Crippen LogP contribution in [0.15, 0.2) is 60.7 Å². The smallest absolute Gasteiger partial charge is 0.405 e. The summed E-state index contributed by atoms with van der Waals surface area (Å²) in [6.07, 6.45) is -1.43. The third-order valence-electron chi connectivity index (χ3n) is 2.88. The van der Waals surface area contributed by atoms with E-state index in [9.17, 15) is 4.79 Å². The Kier molecular flexibility index (Phi) is 4.15. The van der Waals surface area contributed by atoms with E-state index in [2.05, 4.69) is 0 Å². The highest BCUT2D eigenvalue weighted by Crippen LogP contribution is 2.29. The van der Waals surface area contributed by atoms with Crippen LogP contribution in [0.4, 0.5) is 4.79 Å². The number of benzene rings is 2. The predicted octanol–water partition coefficient (Wildman–Crippen LogP) is 2.52. The van der Waals surface area contributed by atoms with Gasteiger partial charge in [0.2, 0.25) is 0 Å². The number of rotatable bonds is 4. The number of ether oxygens (including phenoxy) is 1. The molecule has 0 radical (unpaired) electrons. The SMILES string of the molecule is NC(=O)O[C@H](c1ccccc1)[C@H](N)c1ccccc1. The quantitative estimate of drug-likeness (QED) is 0.882. The Morgan fingerprint density at radius 2 is 1.37 bits per heavy atom. The summed E-state index contributed by atoms with van der Waals surface area (Å²) in [5.41, 5.74) is 13.0. The van der Waals surface area contributed by atoms with E-state index in [4.69, 9.17) is 16.2 Å². The molecular weight excluding hydrogens is 240 g/mol. The summed E-state index contributed by atoms with van der Waals surface area (Å²) >= 11 is 0. The van der Waals surface area contributed by atoms with E-state index in [0.29, 0.717) is 0 Å². The van der Waals surface area contributed by atoms with Crippen molar-refractivity contribution in [1.82, 2.24) is 0 Å². The fourth-order valence-electron chi connectivity index (χ4n) is 1.97. The standard InChI is InChI=1S/C15H16N2O2/c16-13(11-7-3-1-4-8-11)14(19-15(17)18)12-9-5-2-6-10-12/h1-10,13-14H,16H2,(H2,17,18)/t13-,14-/m1/s1. The van der Waals surface area contributed by atoms with Crippen LogP contribution in [-0.4, -0.2) is 6.09 Å². The van der Waals surface area contributed by atoms with Crippen molar-refractivity contribution in [1.29, 1.82) is 0 Å². The van der Waals surface area contributed by atoms with E-state index in [1.54, 1.807) is 0 Å². The molecular formula is C15H16N2O2. The van der Waals surface area contributed by atoms with Crippen LogP contribution in [0, 0.1) is 0 Å². The van der Waals surface area contributed by atoms with Crippen LogP contribution in [-0.2, 0) is 4.74 Å². The van der Waals surface area contributed by atoms with E-state index in [-0.39, 0.29) is 0 Å². The molecule has 4 N–H and O–H groups in total. The van der Waals surface area contributed by atoms with Crippen LogP contribution in [0.25, 0.3) is 0 Å². The Morgan fingerprint density at radius 3 is 1.84 bits per heavy atom. The monoisotopic (exact) mass is 256 g/mol. The van der Waals surface area contributed by atoms with Crippen LogP contribution in [0.1, 0.15) is 23.3 Å². The molecule has 0 spiro atoms. The number of hydrogen-bond acceptors (Lipinski definition) is 3. The average molecular weight is 256 g/mol. The molecule has 0 saturated carbocycles. The Hall–Kier alpha value is -2.33. The van der Waals surface area contributed by atoms with Gasteiger partial charge in [0.25, 0.3) is 0 Å². The van der Waals surface area contributed by atoms with Gasteiger partial charge in [0, 0.05) is 0 Å². The molecule has 0 fully saturated rings. The van der Waals surface area contributed by atoms with Crippen molar-refractivity contribution in [3.05, 3.63) is 71.8 Å². The maximum Gasteiger partial charge on any atom is 0.405 e. The highest BCUT2D eigenvalue weighted by Gasteiger charge is 2.24. The number of hydrogen-bond donors (Lipinski definition) is 2. The molecule has 4 heteroatoms. The molecule has 0 aliphatic rings. The summed E-state index contributed by atoms with van der Waals surface area (Å²) in [4.78, 5) is 11.1. The highest BCUT2D eigenvalue weighted by molar-refractivity contribution is 5.65. The molecule has 2 aromatic rings. The molecule has 2 rings (SSSR count). The third kappa shape index (κ3) is 3.33. The number of primary amides is 1. The summed E-state index contributed by atoms with van der Waals surface area (Å²) in [6.45, 7) is 0. The lowest BCUT2D eigenvalue weighted by atomic mass is 9.96. The maximum atomic E-state index is 11.1. The Morgan fingerprint density at radius 1 is 0.895 bits per heavy atom. The van der Waals surface area contributed by atoms with Gasteiger partial charge in [0.15, 0.2) is 0 Å². The largest absolute Gasteiger partial charge is 0.439 e. The fraction of sp³-hybridized carbons (Fsp3) is 0.133. The van der Waals surface area contributed by atoms with Gasteiger partial charge >= 0.3 is 6.09 Å². The van der Waals surface area contributed by atoms with Gasteiger partial charge in [0.1, 0.15) is 6.10 Å². The minimum absolute atomic E-state index is 0.462. The lowest BCUT2D eigenvalue weighted by Gasteiger charge is -2.24. The van der Waals surface area contributed by atoms with Gasteiger partial charge in [-0.25, -0.2) is 4.79 Å². The molecule has 0 aliphatic carbocycles. The lowest BCUT2D eigenvalue weighted by Crippen LogP contribution is -2.27. The van der Waals surface area contributed by atoms with Gasteiger partial charge in [-0.05, 0) is 11.1 Å². The molecule has 0 unspecified atom stereocenters. The van der Waals surface area contributed by atoms with Gasteiger partial charge in [0.05, 0.1) is 6.04 Å². The Labute approximate surface area is 112 Å². The number of carbonyl (C=O) groups is 1. The van der Waals surface area contributed by atoms with Crippen molar-refractivity contribution in [3.8, 4) is 0 Å². The molecule has 2 aromatic carbocycles. The van der Waals surface area contributed by atoms with E-state index in [1.165, 1.54) is 0 Å². The average Bonchev–Trinajstić information content (AvgIpc) is 2.46. The Balaban J connectivity index is 2.30. The van der Waals surface area contributed by atoms with Crippen molar-refractivity contribution < 1.29 is 9.53 Å². The van der Waals surface area contributed by atoms with Crippen LogP contribution < -0.4 is 11.5 Å². The molecule has 0 saturated heterocycles. The van der Waals surface area contributed by atoms with Crippen LogP contribution >= 0.6 is 0 Å². The van der Waals surface area contributed by atoms with E-state index >= 15 is 0 Å². The molecule has 0 heterocycles. The summed E-state index contributed by atoms with van der Waals surface area (Å²) in [6, 6.07) is 18.3. The summed E-state index contributed by atoms with van der Waals surface area (Å²) in [7, 11) is 0. The minimum atomic E-state index is -0.833. The first-order valence-corrected chi connectivity index (χ1v) is 6.00. The van der Waals surface area contributed by atoms with Gasteiger partial charge in [-0.1, -0.05) is 60.7 Å². The van der Waals surface area contributed by atoms with Gasteiger partial charge in [-0.3, -0.25) is 0 Å². The van der Waals surface area contributed by atoms with Gasteiger partial charge in [-0.15, -0.1) is 0 Å². The van der Waals surface area contributed by atoms with Gasteiger partial charge in [-0.2, -0.15) is 0 Å². The lowest BCUT2D eigenvalue weighted by molar-refractivity contribution is 0.0901. The first-order valence-electron chi connectivity index (χ1n) is 6.00. The zero-order valence-corrected chi connectivity index (χ0v) is 10.4. The molecule has 98 valence electrons. The fourth-order valence-corrected chi connectivity index (χ4v) is 1.97. The molecule has 0 aliphatic heterocycles. The van der Waals surface area contributed by atoms with Crippen molar-refractivity contribution >= 4 is 6.09 Å².